The Bertz CT molecular complexity index is 2100. The first-order chi connectivity index (χ1) is 30.9. The molecule has 3 aliphatic heterocycles. The molecule has 4 unspecified atom stereocenters. The van der Waals surface area contributed by atoms with E-state index in [2.05, 4.69) is 26.2 Å². The second-order valence-electron chi connectivity index (χ2n) is 17.4. The van der Waals surface area contributed by atoms with E-state index in [1.165, 1.54) is 36.2 Å². The maximum Gasteiger partial charge on any atom is 0.416 e. The summed E-state index contributed by atoms with van der Waals surface area (Å²) in [6.07, 6.45) is -2.82. The monoisotopic (exact) mass is 905 g/mol. The van der Waals surface area contributed by atoms with E-state index >= 15 is 0 Å². The van der Waals surface area contributed by atoms with E-state index in [9.17, 15) is 41.9 Å². The number of hydrogen-bond acceptors (Lipinski definition) is 9. The first-order valence-corrected chi connectivity index (χ1v) is 22.0. The SMILES string of the molecule is COC(=O)NC(C(=O)N1CCCC1C(=O)Nc1cccc(C2CCC(c3cccc(NC(=O)[C@@H]4CCCN4C(=O)[C@@H](NC(=O)OC)C(C)C)c3)N2c2ccc(C(F)(F)F)cc2)c1)C(C)C. The number of carbonyl (C=O) groups excluding carboxylic acids is 6. The lowest BCUT2D eigenvalue weighted by Crippen LogP contribution is -2.54. The van der Waals surface area contributed by atoms with Crippen molar-refractivity contribution in [2.75, 3.05) is 42.8 Å². The van der Waals surface area contributed by atoms with Crippen molar-refractivity contribution in [3.8, 4) is 0 Å². The van der Waals surface area contributed by atoms with Gasteiger partial charge in [0, 0.05) is 30.2 Å². The van der Waals surface area contributed by atoms with Crippen LogP contribution in [0, 0.1) is 11.8 Å². The van der Waals surface area contributed by atoms with Crippen molar-refractivity contribution in [3.63, 3.8) is 0 Å². The van der Waals surface area contributed by atoms with Crippen molar-refractivity contribution in [3.05, 3.63) is 89.5 Å². The van der Waals surface area contributed by atoms with Gasteiger partial charge in [0.15, 0.2) is 0 Å². The molecule has 3 aliphatic rings. The number of carbonyl (C=O) groups is 6. The summed E-state index contributed by atoms with van der Waals surface area (Å²) in [4.78, 5) is 84.0. The molecule has 18 heteroatoms. The van der Waals surface area contributed by atoms with Gasteiger partial charge in [0.25, 0.3) is 0 Å². The van der Waals surface area contributed by atoms with Gasteiger partial charge in [-0.15, -0.1) is 0 Å². The number of nitrogens with one attached hydrogen (secondary N) is 4. The Morgan fingerprint density at radius 2 is 1.03 bits per heavy atom. The van der Waals surface area contributed by atoms with Crippen LogP contribution in [0.3, 0.4) is 0 Å². The van der Waals surface area contributed by atoms with Crippen LogP contribution in [-0.4, -0.2) is 97.1 Å². The van der Waals surface area contributed by atoms with Gasteiger partial charge in [0.05, 0.1) is 31.9 Å². The van der Waals surface area contributed by atoms with E-state index in [1.807, 2.05) is 24.3 Å². The van der Waals surface area contributed by atoms with E-state index in [-0.39, 0.29) is 47.5 Å². The molecule has 0 bridgehead atoms. The van der Waals surface area contributed by atoms with E-state index in [4.69, 9.17) is 9.47 Å². The van der Waals surface area contributed by atoms with Crippen molar-refractivity contribution in [2.45, 2.75) is 109 Å². The second-order valence-corrected chi connectivity index (χ2v) is 17.4. The van der Waals surface area contributed by atoms with Crippen molar-refractivity contribution < 1.29 is 51.4 Å². The van der Waals surface area contributed by atoms with E-state index in [0.717, 1.165) is 23.3 Å². The molecular weight excluding hydrogens is 848 g/mol. The number of ether oxygens (including phenoxy) is 2. The van der Waals surface area contributed by atoms with E-state index in [0.29, 0.717) is 68.7 Å². The van der Waals surface area contributed by atoms with Crippen molar-refractivity contribution >= 4 is 52.9 Å². The minimum Gasteiger partial charge on any atom is -0.453 e. The molecule has 3 aromatic carbocycles. The quantitative estimate of drug-likeness (QED) is 0.136. The number of amides is 6. The number of nitrogens with zero attached hydrogens (tertiary/aromatic N) is 3. The zero-order chi connectivity index (χ0) is 47.2. The lowest BCUT2D eigenvalue weighted by Gasteiger charge is -2.34. The molecule has 3 aromatic rings. The summed E-state index contributed by atoms with van der Waals surface area (Å²) in [6.45, 7) is 7.84. The molecule has 0 aliphatic carbocycles. The number of methoxy groups -OCH3 is 2. The fraction of sp³-hybridized carbons (Fsp3) is 0.489. The number of rotatable bonds is 13. The van der Waals surface area contributed by atoms with Gasteiger partial charge in [0.2, 0.25) is 23.6 Å². The summed E-state index contributed by atoms with van der Waals surface area (Å²) in [5, 5.41) is 11.1. The number of anilines is 3. The molecule has 6 atom stereocenters. The molecule has 0 aromatic heterocycles. The molecule has 3 saturated heterocycles. The average molecular weight is 906 g/mol. The molecule has 4 N–H and O–H groups in total. The minimum absolute atomic E-state index is 0.270. The van der Waals surface area contributed by atoms with Crippen LogP contribution in [0.2, 0.25) is 0 Å². The van der Waals surface area contributed by atoms with Crippen LogP contribution in [0.5, 0.6) is 0 Å². The number of hydrogen-bond donors (Lipinski definition) is 4. The standard InChI is InChI=1S/C47H58F3N7O8/c1-27(2)39(53-45(62)64-5)43(60)55-23-9-15-37(55)41(58)51-32-13-7-11-29(25-32)35-21-22-36(57(35)34-19-17-31(18-20-34)47(48,49)50)30-12-8-14-33(26-30)52-42(59)38-16-10-24-56(38)44(61)40(28(3)4)54-46(63)65-6/h7-8,11-14,17-20,25-28,35-40H,9-10,15-16,21-24H2,1-6H3,(H,51,58)(H,52,59)(H,53,62)(H,54,63)/t35?,36?,37-,38?,39-,40?/m0/s1. The summed E-state index contributed by atoms with van der Waals surface area (Å²) in [5.74, 6) is -2.09. The first kappa shape index (κ1) is 48.1. The van der Waals surface area contributed by atoms with Crippen LogP contribution in [0.15, 0.2) is 72.8 Å². The number of alkyl carbamates (subject to hydrolysis) is 2. The summed E-state index contributed by atoms with van der Waals surface area (Å²) in [5.41, 5.74) is 2.28. The van der Waals surface area contributed by atoms with Gasteiger partial charge in [-0.2, -0.15) is 13.2 Å². The fourth-order valence-corrected chi connectivity index (χ4v) is 9.11. The number of halogens is 3. The van der Waals surface area contributed by atoms with Gasteiger partial charge in [0.1, 0.15) is 24.2 Å². The van der Waals surface area contributed by atoms with Crippen molar-refractivity contribution in [1.82, 2.24) is 20.4 Å². The lowest BCUT2D eigenvalue weighted by atomic mass is 10.0. The van der Waals surface area contributed by atoms with Crippen LogP contribution < -0.4 is 26.2 Å². The van der Waals surface area contributed by atoms with Gasteiger partial charge in [-0.3, -0.25) is 19.2 Å². The fourth-order valence-electron chi connectivity index (χ4n) is 9.11. The Balaban J connectivity index is 1.23. The molecule has 6 rings (SSSR count). The molecule has 6 amide bonds. The Hall–Kier alpha value is -6.33. The van der Waals surface area contributed by atoms with Gasteiger partial charge in [-0.25, -0.2) is 9.59 Å². The molecule has 0 saturated carbocycles. The minimum atomic E-state index is -4.54. The first-order valence-electron chi connectivity index (χ1n) is 22.0. The molecule has 65 heavy (non-hydrogen) atoms. The maximum absolute atomic E-state index is 13.8. The summed E-state index contributed by atoms with van der Waals surface area (Å²) in [7, 11) is 2.42. The zero-order valence-corrected chi connectivity index (χ0v) is 37.4. The Morgan fingerprint density at radius 1 is 0.615 bits per heavy atom. The lowest BCUT2D eigenvalue weighted by molar-refractivity contribution is -0.139. The summed E-state index contributed by atoms with van der Waals surface area (Å²) < 4.78 is 50.7. The Morgan fingerprint density at radius 3 is 1.40 bits per heavy atom. The third-order valence-corrected chi connectivity index (χ3v) is 12.4. The number of alkyl halides is 3. The smallest absolute Gasteiger partial charge is 0.416 e. The highest BCUT2D eigenvalue weighted by Crippen LogP contribution is 2.48. The Kier molecular flexibility index (Phi) is 15.3. The van der Waals surface area contributed by atoms with Gasteiger partial charge in [-0.05, 0) is 110 Å². The summed E-state index contributed by atoms with van der Waals surface area (Å²) in [6, 6.07) is 15.4. The van der Waals surface area contributed by atoms with Gasteiger partial charge in [-0.1, -0.05) is 52.0 Å². The van der Waals surface area contributed by atoms with Crippen LogP contribution >= 0.6 is 0 Å². The van der Waals surface area contributed by atoms with Crippen LogP contribution in [0.4, 0.5) is 39.8 Å². The molecule has 3 fully saturated rings. The molecule has 15 nitrogen and oxygen atoms in total. The van der Waals surface area contributed by atoms with Gasteiger partial charge >= 0.3 is 18.4 Å². The zero-order valence-electron chi connectivity index (χ0n) is 37.4. The maximum atomic E-state index is 13.8. The molecule has 350 valence electrons. The molecule has 0 radical (unpaired) electrons. The number of benzene rings is 3. The van der Waals surface area contributed by atoms with Crippen LogP contribution in [0.25, 0.3) is 0 Å². The van der Waals surface area contributed by atoms with E-state index in [1.54, 1.807) is 52.0 Å². The predicted molar refractivity (Wildman–Crippen MR) is 237 cm³/mol. The third-order valence-electron chi connectivity index (χ3n) is 12.4. The Labute approximate surface area is 376 Å². The van der Waals surface area contributed by atoms with Crippen molar-refractivity contribution in [1.29, 1.82) is 0 Å². The average Bonchev–Trinajstić information content (AvgIpc) is 4.08. The third kappa shape index (κ3) is 11.1. The van der Waals surface area contributed by atoms with Crippen LogP contribution in [0.1, 0.15) is 95.0 Å². The van der Waals surface area contributed by atoms with E-state index < -0.39 is 48.1 Å². The highest BCUT2D eigenvalue weighted by atomic mass is 19.4. The van der Waals surface area contributed by atoms with Crippen LogP contribution in [-0.2, 0) is 34.8 Å². The topological polar surface area (TPSA) is 179 Å². The molecular formula is C47H58F3N7O8. The highest BCUT2D eigenvalue weighted by molar-refractivity contribution is 6.00. The largest absolute Gasteiger partial charge is 0.453 e. The predicted octanol–water partition coefficient (Wildman–Crippen LogP) is 7.41. The van der Waals surface area contributed by atoms with Gasteiger partial charge < -0.3 is 45.4 Å². The summed E-state index contributed by atoms with van der Waals surface area (Å²) >= 11 is 0. The van der Waals surface area contributed by atoms with Crippen molar-refractivity contribution in [2.24, 2.45) is 11.8 Å². The number of likely N-dealkylation sites (tertiary alicyclic amines) is 2. The normalized spacial score (nSPS) is 20.6. The molecule has 3 heterocycles. The second kappa shape index (κ2) is 20.7. The molecule has 0 spiro atoms. The highest BCUT2D eigenvalue weighted by Gasteiger charge is 2.42.